The molecule has 4 heterocycles. The molecule has 3 atom stereocenters. The number of nitrogens with zero attached hydrogens (tertiary/aromatic N) is 4. The molecule has 0 N–H and O–H groups in total. The van der Waals surface area contributed by atoms with E-state index in [1.54, 1.807) is 5.01 Å². The summed E-state index contributed by atoms with van der Waals surface area (Å²) in [5.41, 5.74) is 3.74. The lowest BCUT2D eigenvalue weighted by Gasteiger charge is -2.54. The van der Waals surface area contributed by atoms with Gasteiger partial charge in [-0.1, -0.05) is 40.5 Å². The zero-order valence-corrected chi connectivity index (χ0v) is 20.8. The van der Waals surface area contributed by atoms with Crippen LogP contribution in [0.25, 0.3) is 0 Å². The molecule has 0 bridgehead atoms. The summed E-state index contributed by atoms with van der Waals surface area (Å²) in [5.74, 6) is 0.131. The molecule has 172 valence electrons. The monoisotopic (exact) mass is 506 g/mol. The van der Waals surface area contributed by atoms with Crippen LogP contribution in [0.5, 0.6) is 0 Å². The minimum absolute atomic E-state index is 0.131. The molecule has 6 heteroatoms. The summed E-state index contributed by atoms with van der Waals surface area (Å²) < 4.78 is 1.07. The lowest BCUT2D eigenvalue weighted by atomic mass is 9.65. The Morgan fingerprint density at radius 3 is 2.61 bits per heavy atom. The van der Waals surface area contributed by atoms with E-state index in [9.17, 15) is 4.79 Å². The topological polar surface area (TPSA) is 39.2 Å². The standard InChI is InChI=1S/C27H31BrN4O/c1-19-27(26(33)32(29-19)22-8-4-2-5-9-22)18-20-16-21(28)10-11-24(20)31-15-12-23(17-25(27)31)30-13-6-3-7-14-30/h2,4-5,8-11,16,23,25H,3,6-7,12-15,17-18H2,1H3/t23-,25-,27+/m0/s1. The van der Waals surface area contributed by atoms with Crippen LogP contribution in [0.3, 0.4) is 0 Å². The average Bonchev–Trinajstić information content (AvgIpc) is 3.10. The van der Waals surface area contributed by atoms with E-state index < -0.39 is 5.41 Å². The number of hydrogen-bond donors (Lipinski definition) is 0. The second-order valence-corrected chi connectivity index (χ2v) is 11.0. The Kier molecular flexibility index (Phi) is 5.33. The number of fused-ring (bicyclic) bond motifs is 4. The first-order valence-electron chi connectivity index (χ1n) is 12.3. The van der Waals surface area contributed by atoms with Gasteiger partial charge in [-0.3, -0.25) is 4.79 Å². The number of benzene rings is 2. The van der Waals surface area contributed by atoms with Crippen LogP contribution in [0.4, 0.5) is 11.4 Å². The van der Waals surface area contributed by atoms with Crippen molar-refractivity contribution in [2.45, 2.75) is 57.5 Å². The van der Waals surface area contributed by atoms with Crippen molar-refractivity contribution in [2.24, 2.45) is 10.5 Å². The van der Waals surface area contributed by atoms with Gasteiger partial charge in [0.2, 0.25) is 0 Å². The van der Waals surface area contributed by atoms with Gasteiger partial charge in [0, 0.05) is 22.7 Å². The number of piperidine rings is 2. The fraction of sp³-hybridized carbons (Fsp3) is 0.481. The van der Waals surface area contributed by atoms with Gasteiger partial charge in [-0.25, -0.2) is 0 Å². The Balaban J connectivity index is 1.43. The maximum Gasteiger partial charge on any atom is 0.261 e. The molecule has 4 aliphatic heterocycles. The summed E-state index contributed by atoms with van der Waals surface area (Å²) >= 11 is 3.67. The van der Waals surface area contributed by atoms with Crippen molar-refractivity contribution in [3.8, 4) is 0 Å². The lowest BCUT2D eigenvalue weighted by molar-refractivity contribution is -0.125. The molecule has 2 fully saturated rings. The number of halogens is 1. The molecule has 6 rings (SSSR count). The third kappa shape index (κ3) is 3.36. The van der Waals surface area contributed by atoms with Crippen LogP contribution in [-0.2, 0) is 11.2 Å². The van der Waals surface area contributed by atoms with Crippen molar-refractivity contribution >= 4 is 38.9 Å². The predicted octanol–water partition coefficient (Wildman–Crippen LogP) is 5.24. The highest BCUT2D eigenvalue weighted by molar-refractivity contribution is 9.10. The number of carbonyl (C=O) groups excluding carboxylic acids is 1. The minimum Gasteiger partial charge on any atom is -0.367 e. The SMILES string of the molecule is CC1=NN(c2ccccc2)C(=O)[C@]12Cc1cc(Br)ccc1N1CC[C@H](N3CCCCC3)C[C@H]12. The van der Waals surface area contributed by atoms with Crippen LogP contribution in [0.15, 0.2) is 58.1 Å². The summed E-state index contributed by atoms with van der Waals surface area (Å²) in [7, 11) is 0. The van der Waals surface area contributed by atoms with Crippen molar-refractivity contribution < 1.29 is 4.79 Å². The summed E-state index contributed by atoms with van der Waals surface area (Å²) in [5, 5.41) is 6.56. The zero-order valence-electron chi connectivity index (χ0n) is 19.2. The number of anilines is 2. The largest absolute Gasteiger partial charge is 0.367 e. The van der Waals surface area contributed by atoms with Gasteiger partial charge in [0.15, 0.2) is 0 Å². The molecular formula is C27H31BrN4O. The second-order valence-electron chi connectivity index (χ2n) is 10.0. The van der Waals surface area contributed by atoms with E-state index in [4.69, 9.17) is 5.10 Å². The molecule has 33 heavy (non-hydrogen) atoms. The van der Waals surface area contributed by atoms with Gasteiger partial charge in [-0.2, -0.15) is 10.1 Å². The Morgan fingerprint density at radius 1 is 1.03 bits per heavy atom. The summed E-state index contributed by atoms with van der Waals surface area (Å²) in [6, 6.07) is 17.2. The first kappa shape index (κ1) is 21.4. The average molecular weight is 507 g/mol. The molecule has 0 aliphatic carbocycles. The van der Waals surface area contributed by atoms with Crippen LogP contribution in [0.2, 0.25) is 0 Å². The second kappa shape index (κ2) is 8.24. The number of amides is 1. The van der Waals surface area contributed by atoms with Crippen molar-refractivity contribution in [2.75, 3.05) is 29.5 Å². The van der Waals surface area contributed by atoms with Gasteiger partial charge in [0.05, 0.1) is 17.4 Å². The maximum absolute atomic E-state index is 14.3. The molecule has 1 amide bonds. The van der Waals surface area contributed by atoms with Crippen molar-refractivity contribution in [1.82, 2.24) is 4.90 Å². The Hall–Kier alpha value is -2.18. The molecule has 1 spiro atoms. The molecule has 5 nitrogen and oxygen atoms in total. The lowest BCUT2D eigenvalue weighted by Crippen LogP contribution is -2.64. The first-order chi connectivity index (χ1) is 16.1. The fourth-order valence-corrected chi connectivity index (χ4v) is 7.08. The van der Waals surface area contributed by atoms with Crippen molar-refractivity contribution in [3.05, 3.63) is 58.6 Å². The van der Waals surface area contributed by atoms with E-state index in [1.165, 1.54) is 43.6 Å². The molecule has 2 aromatic rings. The van der Waals surface area contributed by atoms with E-state index in [0.29, 0.717) is 12.5 Å². The van der Waals surface area contributed by atoms with E-state index in [-0.39, 0.29) is 11.9 Å². The Morgan fingerprint density at radius 2 is 1.82 bits per heavy atom. The first-order valence-corrected chi connectivity index (χ1v) is 13.1. The molecule has 0 unspecified atom stereocenters. The minimum atomic E-state index is -0.613. The summed E-state index contributed by atoms with van der Waals surface area (Å²) in [4.78, 5) is 19.5. The van der Waals surface area contributed by atoms with Crippen LogP contribution >= 0.6 is 15.9 Å². The molecular weight excluding hydrogens is 476 g/mol. The van der Waals surface area contributed by atoms with Crippen LogP contribution in [0, 0.1) is 5.41 Å². The fourth-order valence-electron chi connectivity index (χ4n) is 6.67. The molecule has 2 saturated heterocycles. The van der Waals surface area contributed by atoms with Crippen LogP contribution < -0.4 is 9.91 Å². The number of hydrazone groups is 1. The van der Waals surface area contributed by atoms with Gasteiger partial charge < -0.3 is 9.80 Å². The number of carbonyl (C=O) groups is 1. The van der Waals surface area contributed by atoms with Gasteiger partial charge >= 0.3 is 0 Å². The van der Waals surface area contributed by atoms with E-state index in [1.807, 2.05) is 30.3 Å². The normalized spacial score (nSPS) is 29.8. The molecule has 0 radical (unpaired) electrons. The predicted molar refractivity (Wildman–Crippen MR) is 137 cm³/mol. The number of para-hydroxylation sites is 1. The van der Waals surface area contributed by atoms with Crippen LogP contribution in [-0.4, -0.2) is 48.2 Å². The smallest absolute Gasteiger partial charge is 0.261 e. The molecule has 0 aromatic heterocycles. The third-order valence-corrected chi connectivity index (χ3v) is 8.83. The number of hydrogen-bond acceptors (Lipinski definition) is 4. The Labute approximate surface area is 204 Å². The quantitative estimate of drug-likeness (QED) is 0.559. The van der Waals surface area contributed by atoms with Gasteiger partial charge in [-0.05, 0) is 88.0 Å². The summed E-state index contributed by atoms with van der Waals surface area (Å²) in [6.07, 6.45) is 6.85. The van der Waals surface area contributed by atoms with E-state index in [0.717, 1.165) is 35.3 Å². The van der Waals surface area contributed by atoms with E-state index in [2.05, 4.69) is 50.9 Å². The van der Waals surface area contributed by atoms with Gasteiger partial charge in [0.1, 0.15) is 5.41 Å². The van der Waals surface area contributed by atoms with Gasteiger partial charge in [-0.15, -0.1) is 0 Å². The van der Waals surface area contributed by atoms with Crippen molar-refractivity contribution in [1.29, 1.82) is 0 Å². The zero-order chi connectivity index (χ0) is 22.6. The van der Waals surface area contributed by atoms with Gasteiger partial charge in [0.25, 0.3) is 5.91 Å². The van der Waals surface area contributed by atoms with E-state index >= 15 is 0 Å². The maximum atomic E-state index is 14.3. The third-order valence-electron chi connectivity index (χ3n) is 8.34. The highest BCUT2D eigenvalue weighted by atomic mass is 79.9. The molecule has 0 saturated carbocycles. The highest BCUT2D eigenvalue weighted by Gasteiger charge is 2.60. The Bertz CT molecular complexity index is 1100. The highest BCUT2D eigenvalue weighted by Crippen LogP contribution is 2.50. The van der Waals surface area contributed by atoms with Crippen LogP contribution in [0.1, 0.15) is 44.6 Å². The molecule has 2 aromatic carbocycles. The number of likely N-dealkylation sites (tertiary alicyclic amines) is 1. The summed E-state index contributed by atoms with van der Waals surface area (Å²) in [6.45, 7) is 5.47. The van der Waals surface area contributed by atoms with Crippen molar-refractivity contribution in [3.63, 3.8) is 0 Å². The number of rotatable bonds is 2. The molecule has 4 aliphatic rings.